The van der Waals surface area contributed by atoms with E-state index in [1.807, 2.05) is 24.0 Å². The summed E-state index contributed by atoms with van der Waals surface area (Å²) < 4.78 is 0. The summed E-state index contributed by atoms with van der Waals surface area (Å²) in [5, 5.41) is 9.05. The average Bonchev–Trinajstić information content (AvgIpc) is 2.30. The smallest absolute Gasteiger partial charge is 0.326 e. The van der Waals surface area contributed by atoms with E-state index in [-0.39, 0.29) is 0 Å². The number of anilines is 1. The standard InChI is InChI=1S/C14H21NO2/c1-5-15(11(4)14(16)17)13-8-6-12(7-9-13)10(2)3/h6-11H,5H2,1-4H3,(H,16,17)/t11-/m1/s1. The Labute approximate surface area is 103 Å². The molecule has 0 aliphatic heterocycles. The topological polar surface area (TPSA) is 40.5 Å². The summed E-state index contributed by atoms with van der Waals surface area (Å²) >= 11 is 0. The van der Waals surface area contributed by atoms with Crippen LogP contribution in [0, 0.1) is 0 Å². The van der Waals surface area contributed by atoms with E-state index < -0.39 is 12.0 Å². The number of carbonyl (C=O) groups is 1. The lowest BCUT2D eigenvalue weighted by Gasteiger charge is -2.27. The molecule has 94 valence electrons. The van der Waals surface area contributed by atoms with Crippen LogP contribution in [0.1, 0.15) is 39.2 Å². The molecule has 0 unspecified atom stereocenters. The van der Waals surface area contributed by atoms with E-state index in [2.05, 4.69) is 26.0 Å². The summed E-state index contributed by atoms with van der Waals surface area (Å²) in [7, 11) is 0. The van der Waals surface area contributed by atoms with Crippen LogP contribution in [-0.4, -0.2) is 23.7 Å². The zero-order valence-corrected chi connectivity index (χ0v) is 11.0. The van der Waals surface area contributed by atoms with Gasteiger partial charge in [-0.25, -0.2) is 4.79 Å². The maximum Gasteiger partial charge on any atom is 0.326 e. The molecular weight excluding hydrogens is 214 g/mol. The maximum absolute atomic E-state index is 11.0. The summed E-state index contributed by atoms with van der Waals surface area (Å²) in [5.74, 6) is -0.296. The highest BCUT2D eigenvalue weighted by molar-refractivity contribution is 5.77. The molecule has 0 saturated heterocycles. The van der Waals surface area contributed by atoms with Crippen molar-refractivity contribution in [3.05, 3.63) is 29.8 Å². The first-order valence-electron chi connectivity index (χ1n) is 6.06. The van der Waals surface area contributed by atoms with E-state index >= 15 is 0 Å². The van der Waals surface area contributed by atoms with Crippen LogP contribution in [0.15, 0.2) is 24.3 Å². The van der Waals surface area contributed by atoms with Crippen molar-refractivity contribution < 1.29 is 9.90 Å². The number of hydrogen-bond acceptors (Lipinski definition) is 2. The van der Waals surface area contributed by atoms with Gasteiger partial charge in [-0.2, -0.15) is 0 Å². The Hall–Kier alpha value is -1.51. The minimum Gasteiger partial charge on any atom is -0.480 e. The van der Waals surface area contributed by atoms with Gasteiger partial charge >= 0.3 is 5.97 Å². The van der Waals surface area contributed by atoms with Gasteiger partial charge in [0.05, 0.1) is 0 Å². The summed E-state index contributed by atoms with van der Waals surface area (Å²) in [6.07, 6.45) is 0. The lowest BCUT2D eigenvalue weighted by molar-refractivity contribution is -0.138. The fraction of sp³-hybridized carbons (Fsp3) is 0.500. The van der Waals surface area contributed by atoms with Crippen LogP contribution in [0.4, 0.5) is 5.69 Å². The molecular formula is C14H21NO2. The fourth-order valence-electron chi connectivity index (χ4n) is 1.86. The zero-order valence-electron chi connectivity index (χ0n) is 11.0. The third-order valence-electron chi connectivity index (χ3n) is 3.06. The Morgan fingerprint density at radius 2 is 1.76 bits per heavy atom. The van der Waals surface area contributed by atoms with Gasteiger partial charge in [-0.3, -0.25) is 0 Å². The molecule has 0 aliphatic carbocycles. The van der Waals surface area contributed by atoms with Crippen LogP contribution in [0.2, 0.25) is 0 Å². The van der Waals surface area contributed by atoms with Gasteiger partial charge in [0.15, 0.2) is 0 Å². The van der Waals surface area contributed by atoms with Crippen molar-refractivity contribution in [2.24, 2.45) is 0 Å². The molecule has 0 bridgehead atoms. The van der Waals surface area contributed by atoms with Gasteiger partial charge in [0, 0.05) is 12.2 Å². The normalized spacial score (nSPS) is 12.5. The van der Waals surface area contributed by atoms with E-state index in [9.17, 15) is 4.79 Å². The Kier molecular flexibility index (Phi) is 4.55. The van der Waals surface area contributed by atoms with Gasteiger partial charge < -0.3 is 10.0 Å². The first-order valence-corrected chi connectivity index (χ1v) is 6.06. The molecule has 1 rings (SSSR count). The Balaban J connectivity index is 2.93. The van der Waals surface area contributed by atoms with Crippen LogP contribution in [-0.2, 0) is 4.79 Å². The Morgan fingerprint density at radius 3 is 2.12 bits per heavy atom. The van der Waals surface area contributed by atoms with Crippen LogP contribution >= 0.6 is 0 Å². The number of rotatable bonds is 5. The summed E-state index contributed by atoms with van der Waals surface area (Å²) in [6.45, 7) is 8.66. The van der Waals surface area contributed by atoms with Crippen LogP contribution in [0.25, 0.3) is 0 Å². The number of carboxylic acids is 1. The molecule has 17 heavy (non-hydrogen) atoms. The third kappa shape index (κ3) is 3.22. The molecule has 0 aliphatic rings. The van der Waals surface area contributed by atoms with Gasteiger partial charge in [-0.1, -0.05) is 26.0 Å². The number of carboxylic acid groups (broad SMARTS) is 1. The van der Waals surface area contributed by atoms with Crippen LogP contribution < -0.4 is 4.90 Å². The highest BCUT2D eigenvalue weighted by Crippen LogP contribution is 2.21. The maximum atomic E-state index is 11.0. The molecule has 1 aromatic rings. The molecule has 0 aromatic heterocycles. The van der Waals surface area contributed by atoms with E-state index in [0.29, 0.717) is 12.5 Å². The van der Waals surface area contributed by atoms with E-state index in [4.69, 9.17) is 5.11 Å². The SMILES string of the molecule is CCN(c1ccc(C(C)C)cc1)[C@H](C)C(=O)O. The molecule has 3 nitrogen and oxygen atoms in total. The predicted octanol–water partition coefficient (Wildman–Crippen LogP) is 3.11. The van der Waals surface area contributed by atoms with Crippen molar-refractivity contribution in [3.63, 3.8) is 0 Å². The van der Waals surface area contributed by atoms with Crippen LogP contribution in [0.5, 0.6) is 0 Å². The lowest BCUT2D eigenvalue weighted by atomic mass is 10.0. The largest absolute Gasteiger partial charge is 0.480 e. The highest BCUT2D eigenvalue weighted by Gasteiger charge is 2.19. The average molecular weight is 235 g/mol. The van der Waals surface area contributed by atoms with Crippen molar-refractivity contribution >= 4 is 11.7 Å². The van der Waals surface area contributed by atoms with Gasteiger partial charge in [0.25, 0.3) is 0 Å². The minimum absolute atomic E-state index is 0.495. The summed E-state index contributed by atoms with van der Waals surface area (Å²) in [4.78, 5) is 12.9. The molecule has 3 heteroatoms. The second-order valence-electron chi connectivity index (χ2n) is 4.55. The quantitative estimate of drug-likeness (QED) is 0.852. The first kappa shape index (κ1) is 13.6. The van der Waals surface area contributed by atoms with Crippen LogP contribution in [0.3, 0.4) is 0 Å². The van der Waals surface area contributed by atoms with Gasteiger partial charge in [0.2, 0.25) is 0 Å². The van der Waals surface area contributed by atoms with E-state index in [1.165, 1.54) is 5.56 Å². The molecule has 0 amide bonds. The van der Waals surface area contributed by atoms with Gasteiger partial charge in [-0.15, -0.1) is 0 Å². The fourth-order valence-corrected chi connectivity index (χ4v) is 1.86. The van der Waals surface area contributed by atoms with E-state index in [1.54, 1.807) is 6.92 Å². The molecule has 0 heterocycles. The molecule has 0 radical (unpaired) electrons. The van der Waals surface area contributed by atoms with Crippen molar-refractivity contribution in [1.29, 1.82) is 0 Å². The second kappa shape index (κ2) is 5.71. The Bertz CT molecular complexity index is 370. The molecule has 1 aromatic carbocycles. The number of aliphatic carboxylic acids is 1. The molecule has 0 spiro atoms. The van der Waals surface area contributed by atoms with Crippen molar-refractivity contribution in [1.82, 2.24) is 0 Å². The van der Waals surface area contributed by atoms with E-state index in [0.717, 1.165) is 5.69 Å². The monoisotopic (exact) mass is 235 g/mol. The number of nitrogens with zero attached hydrogens (tertiary/aromatic N) is 1. The molecule has 1 N–H and O–H groups in total. The minimum atomic E-state index is -0.792. The first-order chi connectivity index (χ1) is 7.97. The third-order valence-corrected chi connectivity index (χ3v) is 3.06. The summed E-state index contributed by atoms with van der Waals surface area (Å²) in [5.41, 5.74) is 2.24. The van der Waals surface area contributed by atoms with Gasteiger partial charge in [-0.05, 0) is 37.5 Å². The number of hydrogen-bond donors (Lipinski definition) is 1. The Morgan fingerprint density at radius 1 is 1.24 bits per heavy atom. The summed E-state index contributed by atoms with van der Waals surface area (Å²) in [6, 6.07) is 7.63. The van der Waals surface area contributed by atoms with Gasteiger partial charge in [0.1, 0.15) is 6.04 Å². The number of benzene rings is 1. The second-order valence-corrected chi connectivity index (χ2v) is 4.55. The zero-order chi connectivity index (χ0) is 13.0. The molecule has 1 atom stereocenters. The molecule has 0 saturated carbocycles. The number of likely N-dealkylation sites (N-methyl/N-ethyl adjacent to an activating group) is 1. The highest BCUT2D eigenvalue weighted by atomic mass is 16.4. The molecule has 0 fully saturated rings. The van der Waals surface area contributed by atoms with Crippen molar-refractivity contribution in [2.75, 3.05) is 11.4 Å². The van der Waals surface area contributed by atoms with Crippen molar-refractivity contribution in [3.8, 4) is 0 Å². The van der Waals surface area contributed by atoms with Crippen molar-refractivity contribution in [2.45, 2.75) is 39.7 Å². The lowest BCUT2D eigenvalue weighted by Crippen LogP contribution is -2.38. The predicted molar refractivity (Wildman–Crippen MR) is 70.6 cm³/mol.